The van der Waals surface area contributed by atoms with Crippen LogP contribution in [-0.4, -0.2) is 36.7 Å². The van der Waals surface area contributed by atoms with Crippen molar-refractivity contribution in [3.63, 3.8) is 0 Å². The Morgan fingerprint density at radius 1 is 0.971 bits per heavy atom. The van der Waals surface area contributed by atoms with Gasteiger partial charge in [0.2, 0.25) is 11.8 Å². The van der Waals surface area contributed by atoms with Gasteiger partial charge in [0.05, 0.1) is 11.5 Å². The number of Topliss-reactive ketones (excluding diaryl/α,β-unsaturated/α-hetero) is 1. The predicted octanol–water partition coefficient (Wildman–Crippen LogP) is 4.68. The van der Waals surface area contributed by atoms with Gasteiger partial charge >= 0.3 is 5.97 Å². The van der Waals surface area contributed by atoms with Gasteiger partial charge in [0, 0.05) is 34.9 Å². The van der Waals surface area contributed by atoms with Crippen molar-refractivity contribution in [2.75, 3.05) is 23.4 Å². The van der Waals surface area contributed by atoms with Gasteiger partial charge < -0.3 is 15.0 Å². The van der Waals surface area contributed by atoms with Gasteiger partial charge in [-0.1, -0.05) is 48.0 Å². The summed E-state index contributed by atoms with van der Waals surface area (Å²) in [6.07, 6.45) is 0.0949. The second kappa shape index (κ2) is 10.5. The third kappa shape index (κ3) is 5.58. The third-order valence-corrected chi connectivity index (χ3v) is 6.25. The lowest BCUT2D eigenvalue weighted by molar-refractivity contribution is -0.122. The average Bonchev–Trinajstić information content (AvgIpc) is 3.26. The van der Waals surface area contributed by atoms with Crippen LogP contribution in [0.25, 0.3) is 0 Å². The van der Waals surface area contributed by atoms with Gasteiger partial charge in [-0.05, 0) is 48.9 Å². The zero-order valence-corrected chi connectivity index (χ0v) is 19.7. The van der Waals surface area contributed by atoms with Crippen LogP contribution in [-0.2, 0) is 14.3 Å². The van der Waals surface area contributed by atoms with E-state index in [1.165, 1.54) is 12.1 Å². The molecular weight excluding hydrogens is 468 g/mol. The molecule has 8 heteroatoms. The largest absolute Gasteiger partial charge is 0.454 e. The molecule has 7 nitrogen and oxygen atoms in total. The zero-order valence-electron chi connectivity index (χ0n) is 19.0. The maximum atomic E-state index is 12.8. The van der Waals surface area contributed by atoms with Crippen LogP contribution < -0.4 is 10.2 Å². The van der Waals surface area contributed by atoms with E-state index in [4.69, 9.17) is 16.3 Å². The molecule has 3 aromatic rings. The molecule has 0 spiro atoms. The highest BCUT2D eigenvalue weighted by atomic mass is 35.5. The van der Waals surface area contributed by atoms with E-state index in [9.17, 15) is 19.2 Å². The number of anilines is 2. The number of amides is 2. The van der Waals surface area contributed by atoms with E-state index in [0.29, 0.717) is 22.0 Å². The average molecular weight is 491 g/mol. The Morgan fingerprint density at radius 2 is 1.69 bits per heavy atom. The second-order valence-electron chi connectivity index (χ2n) is 8.22. The number of carbonyl (C=O) groups excluding carboxylic acids is 4. The molecule has 35 heavy (non-hydrogen) atoms. The summed E-state index contributed by atoms with van der Waals surface area (Å²) in [6.45, 7) is 1.73. The fraction of sp³-hybridized carbons (Fsp3) is 0.185. The number of carbonyl (C=O) groups is 4. The quantitative estimate of drug-likeness (QED) is 0.383. The molecule has 0 saturated carbocycles. The van der Waals surface area contributed by atoms with Crippen molar-refractivity contribution in [2.24, 2.45) is 5.92 Å². The van der Waals surface area contributed by atoms with Crippen LogP contribution in [0, 0.1) is 12.8 Å². The number of benzene rings is 3. The Morgan fingerprint density at radius 3 is 2.40 bits per heavy atom. The Hall–Kier alpha value is -3.97. The van der Waals surface area contributed by atoms with Crippen LogP contribution in [0.15, 0.2) is 72.8 Å². The number of halogens is 1. The first-order valence-electron chi connectivity index (χ1n) is 11.1. The second-order valence-corrected chi connectivity index (χ2v) is 8.63. The summed E-state index contributed by atoms with van der Waals surface area (Å²) in [6, 6.07) is 20.1. The molecule has 4 rings (SSSR count). The minimum Gasteiger partial charge on any atom is -0.454 e. The minimum atomic E-state index is -0.638. The van der Waals surface area contributed by atoms with Crippen molar-refractivity contribution in [1.82, 2.24) is 0 Å². The normalized spacial score (nSPS) is 15.1. The van der Waals surface area contributed by atoms with Gasteiger partial charge in [0.1, 0.15) is 0 Å². The Bertz CT molecular complexity index is 1270. The molecule has 1 N–H and O–H groups in total. The Balaban J connectivity index is 1.32. The van der Waals surface area contributed by atoms with Gasteiger partial charge in [-0.2, -0.15) is 0 Å². The Kier molecular flexibility index (Phi) is 7.27. The standard InChI is InChI=1S/C27H23ClN2O5/c1-17-22(28)8-5-9-23(17)30-15-20(14-25(30)32)26(33)29-21-12-10-19(11-13-21)27(34)35-16-24(31)18-6-3-2-4-7-18/h2-13,20H,14-16H2,1H3,(H,29,33)/t20-/m0/s1. The molecule has 0 bridgehead atoms. The lowest BCUT2D eigenvalue weighted by Crippen LogP contribution is -2.28. The number of nitrogens with one attached hydrogen (secondary N) is 1. The molecule has 1 atom stereocenters. The maximum Gasteiger partial charge on any atom is 0.338 e. The van der Waals surface area contributed by atoms with Crippen molar-refractivity contribution < 1.29 is 23.9 Å². The SMILES string of the molecule is Cc1c(Cl)cccc1N1C[C@@H](C(=O)Nc2ccc(C(=O)OCC(=O)c3ccccc3)cc2)CC1=O. The third-order valence-electron chi connectivity index (χ3n) is 5.84. The summed E-state index contributed by atoms with van der Waals surface area (Å²) in [7, 11) is 0. The minimum absolute atomic E-state index is 0.0949. The molecule has 0 unspecified atom stereocenters. The Labute approximate surface area is 207 Å². The highest BCUT2D eigenvalue weighted by Crippen LogP contribution is 2.31. The number of esters is 1. The fourth-order valence-electron chi connectivity index (χ4n) is 3.86. The fourth-order valence-corrected chi connectivity index (χ4v) is 4.03. The number of ether oxygens (including phenoxy) is 1. The maximum absolute atomic E-state index is 12.8. The molecule has 1 aliphatic rings. The first-order chi connectivity index (χ1) is 16.8. The lowest BCUT2D eigenvalue weighted by Gasteiger charge is -2.19. The number of hydrogen-bond donors (Lipinski definition) is 1. The monoisotopic (exact) mass is 490 g/mol. The van der Waals surface area contributed by atoms with E-state index < -0.39 is 11.9 Å². The molecule has 1 saturated heterocycles. The smallest absolute Gasteiger partial charge is 0.338 e. The topological polar surface area (TPSA) is 92.8 Å². The number of hydrogen-bond acceptors (Lipinski definition) is 5. The van der Waals surface area contributed by atoms with E-state index in [-0.39, 0.29) is 42.7 Å². The van der Waals surface area contributed by atoms with Gasteiger partial charge in [0.15, 0.2) is 12.4 Å². The highest BCUT2D eigenvalue weighted by Gasteiger charge is 2.36. The van der Waals surface area contributed by atoms with Crippen LogP contribution in [0.3, 0.4) is 0 Å². The van der Waals surface area contributed by atoms with Gasteiger partial charge in [-0.15, -0.1) is 0 Å². The van der Waals surface area contributed by atoms with Crippen molar-refractivity contribution in [2.45, 2.75) is 13.3 Å². The molecule has 3 aromatic carbocycles. The number of ketones is 1. The molecule has 178 valence electrons. The number of nitrogens with zero attached hydrogens (tertiary/aromatic N) is 1. The van der Waals surface area contributed by atoms with Crippen molar-refractivity contribution in [3.05, 3.63) is 94.5 Å². The molecular formula is C27H23ClN2O5. The van der Waals surface area contributed by atoms with Crippen LogP contribution in [0.4, 0.5) is 11.4 Å². The van der Waals surface area contributed by atoms with Crippen molar-refractivity contribution >= 4 is 46.5 Å². The van der Waals surface area contributed by atoms with E-state index in [1.54, 1.807) is 59.5 Å². The van der Waals surface area contributed by atoms with Crippen LogP contribution in [0.1, 0.15) is 32.7 Å². The molecule has 1 heterocycles. The predicted molar refractivity (Wildman–Crippen MR) is 133 cm³/mol. The summed E-state index contributed by atoms with van der Waals surface area (Å²) in [5, 5.41) is 3.35. The van der Waals surface area contributed by atoms with Crippen LogP contribution in [0.5, 0.6) is 0 Å². The van der Waals surface area contributed by atoms with E-state index in [2.05, 4.69) is 5.32 Å². The summed E-state index contributed by atoms with van der Waals surface area (Å²) >= 11 is 6.18. The zero-order chi connectivity index (χ0) is 24.9. The van der Waals surface area contributed by atoms with E-state index in [1.807, 2.05) is 13.0 Å². The molecule has 1 fully saturated rings. The first-order valence-corrected chi connectivity index (χ1v) is 11.4. The molecule has 0 aromatic heterocycles. The van der Waals surface area contributed by atoms with Gasteiger partial charge in [0.25, 0.3) is 0 Å². The van der Waals surface area contributed by atoms with Crippen LogP contribution in [0.2, 0.25) is 5.02 Å². The summed E-state index contributed by atoms with van der Waals surface area (Å²) < 4.78 is 5.10. The molecule has 0 aliphatic carbocycles. The number of rotatable bonds is 7. The molecule has 0 radical (unpaired) electrons. The van der Waals surface area contributed by atoms with Crippen LogP contribution >= 0.6 is 11.6 Å². The molecule has 1 aliphatic heterocycles. The van der Waals surface area contributed by atoms with Gasteiger partial charge in [-0.25, -0.2) is 4.79 Å². The van der Waals surface area contributed by atoms with E-state index in [0.717, 1.165) is 5.56 Å². The summed E-state index contributed by atoms with van der Waals surface area (Å²) in [5.41, 5.74) is 2.69. The summed E-state index contributed by atoms with van der Waals surface area (Å²) in [5.74, 6) is -1.88. The highest BCUT2D eigenvalue weighted by molar-refractivity contribution is 6.31. The molecule has 2 amide bonds. The van der Waals surface area contributed by atoms with Crippen molar-refractivity contribution in [1.29, 1.82) is 0 Å². The van der Waals surface area contributed by atoms with Crippen molar-refractivity contribution in [3.8, 4) is 0 Å². The van der Waals surface area contributed by atoms with Gasteiger partial charge in [-0.3, -0.25) is 14.4 Å². The van der Waals surface area contributed by atoms with E-state index >= 15 is 0 Å². The first kappa shape index (κ1) is 24.2. The lowest BCUT2D eigenvalue weighted by atomic mass is 10.1. The summed E-state index contributed by atoms with van der Waals surface area (Å²) in [4.78, 5) is 51.3.